The molecule has 0 bridgehead atoms. The second-order valence-electron chi connectivity index (χ2n) is 4.56. The van der Waals surface area contributed by atoms with Crippen LogP contribution in [0.5, 0.6) is 0 Å². The normalized spacial score (nSPS) is 16.2. The van der Waals surface area contributed by atoms with Crippen LogP contribution in [0.4, 0.5) is 14.5 Å². The molecule has 1 aliphatic rings. The topological polar surface area (TPSA) is 113 Å². The molecule has 0 heterocycles. The molecular weight excluding hydrogens is 308 g/mol. The van der Waals surface area contributed by atoms with Crippen LogP contribution in [0.25, 0.3) is 0 Å². The Labute approximate surface area is 118 Å². The van der Waals surface area contributed by atoms with Gasteiger partial charge in [0.15, 0.2) is 0 Å². The Hall–Kier alpha value is -2.12. The minimum Gasteiger partial charge on any atom is -0.258 e. The number of nitro groups is 1. The molecule has 0 saturated heterocycles. The quantitative estimate of drug-likeness (QED) is 0.652. The van der Waals surface area contributed by atoms with Gasteiger partial charge in [0, 0.05) is 12.1 Å². The maximum Gasteiger partial charge on any atom is 0.306 e. The van der Waals surface area contributed by atoms with E-state index in [1.54, 1.807) is 6.07 Å². The minimum absolute atomic E-state index is 0.130. The lowest BCUT2D eigenvalue weighted by molar-refractivity contribution is -0.387. The third kappa shape index (κ3) is 3.14. The molecule has 0 amide bonds. The number of hydrogen-bond acceptors (Lipinski definition) is 5. The molecule has 1 aromatic carbocycles. The summed E-state index contributed by atoms with van der Waals surface area (Å²) in [6.07, 6.45) is 1.32. The van der Waals surface area contributed by atoms with Crippen molar-refractivity contribution in [1.29, 1.82) is 5.26 Å². The van der Waals surface area contributed by atoms with Gasteiger partial charge in [-0.25, -0.2) is 12.8 Å². The van der Waals surface area contributed by atoms with E-state index in [0.29, 0.717) is 18.9 Å². The summed E-state index contributed by atoms with van der Waals surface area (Å²) >= 11 is 0. The average molecular weight is 317 g/mol. The van der Waals surface area contributed by atoms with Crippen LogP contribution < -0.4 is 4.72 Å². The van der Waals surface area contributed by atoms with Gasteiger partial charge in [0.2, 0.25) is 15.8 Å². The second kappa shape index (κ2) is 5.34. The molecule has 7 nitrogen and oxygen atoms in total. The number of sulfonamides is 1. The van der Waals surface area contributed by atoms with Crippen LogP contribution in [-0.4, -0.2) is 19.4 Å². The van der Waals surface area contributed by atoms with Crippen LogP contribution in [0, 0.1) is 39.0 Å². The maximum atomic E-state index is 13.6. The Morgan fingerprint density at radius 1 is 1.38 bits per heavy atom. The largest absolute Gasteiger partial charge is 0.306 e. The first-order chi connectivity index (χ1) is 9.76. The zero-order valence-corrected chi connectivity index (χ0v) is 11.2. The van der Waals surface area contributed by atoms with Crippen LogP contribution in [-0.2, 0) is 10.0 Å². The van der Waals surface area contributed by atoms with E-state index in [1.165, 1.54) is 0 Å². The Balaban J connectivity index is 2.42. The van der Waals surface area contributed by atoms with Gasteiger partial charge in [-0.3, -0.25) is 10.1 Å². The Kier molecular flexibility index (Phi) is 3.89. The first-order valence-electron chi connectivity index (χ1n) is 5.81. The van der Waals surface area contributed by atoms with E-state index >= 15 is 0 Å². The summed E-state index contributed by atoms with van der Waals surface area (Å²) in [6, 6.07) is 1.12. The van der Waals surface area contributed by atoms with Gasteiger partial charge in [0.25, 0.3) is 0 Å². The zero-order valence-electron chi connectivity index (χ0n) is 10.4. The van der Waals surface area contributed by atoms with Gasteiger partial charge in [0.1, 0.15) is 16.8 Å². The SMILES string of the molecule is N#CC(NS(=O)(=O)c1cc([N+](=O)[O-])c(F)cc1F)C1CC1. The van der Waals surface area contributed by atoms with E-state index in [-0.39, 0.29) is 12.0 Å². The van der Waals surface area contributed by atoms with Crippen molar-refractivity contribution < 1.29 is 22.1 Å². The predicted octanol–water partition coefficient (Wildman–Crippen LogP) is 1.45. The fourth-order valence-electron chi connectivity index (χ4n) is 1.75. The molecule has 1 atom stereocenters. The Morgan fingerprint density at radius 2 is 2.00 bits per heavy atom. The Morgan fingerprint density at radius 3 is 2.48 bits per heavy atom. The molecule has 1 fully saturated rings. The van der Waals surface area contributed by atoms with Gasteiger partial charge in [-0.1, -0.05) is 0 Å². The number of nitrogens with zero attached hydrogens (tertiary/aromatic N) is 2. The molecule has 1 N–H and O–H groups in total. The van der Waals surface area contributed by atoms with Crippen LogP contribution >= 0.6 is 0 Å². The number of rotatable bonds is 5. The summed E-state index contributed by atoms with van der Waals surface area (Å²) in [6.45, 7) is 0. The number of nitro benzene ring substituents is 1. The van der Waals surface area contributed by atoms with Crippen molar-refractivity contribution in [3.63, 3.8) is 0 Å². The highest BCUT2D eigenvalue weighted by Gasteiger charge is 2.36. The molecule has 0 radical (unpaired) electrons. The van der Waals surface area contributed by atoms with Gasteiger partial charge in [-0.2, -0.15) is 14.4 Å². The summed E-state index contributed by atoms with van der Waals surface area (Å²) in [5.41, 5.74) is -1.16. The monoisotopic (exact) mass is 317 g/mol. The van der Waals surface area contributed by atoms with Crippen molar-refractivity contribution >= 4 is 15.7 Å². The molecule has 1 aromatic rings. The van der Waals surface area contributed by atoms with Crippen molar-refractivity contribution in [2.45, 2.75) is 23.8 Å². The molecular formula is C11H9F2N3O4S. The molecule has 2 rings (SSSR count). The summed E-state index contributed by atoms with van der Waals surface area (Å²) in [4.78, 5) is 8.37. The second-order valence-corrected chi connectivity index (χ2v) is 6.24. The zero-order chi connectivity index (χ0) is 15.8. The first kappa shape index (κ1) is 15.3. The van der Waals surface area contributed by atoms with Gasteiger partial charge < -0.3 is 0 Å². The van der Waals surface area contributed by atoms with E-state index < -0.39 is 43.2 Å². The first-order valence-corrected chi connectivity index (χ1v) is 7.30. The summed E-state index contributed by atoms with van der Waals surface area (Å²) in [7, 11) is -4.50. The highest BCUT2D eigenvalue weighted by Crippen LogP contribution is 2.33. The molecule has 10 heteroatoms. The molecule has 1 saturated carbocycles. The summed E-state index contributed by atoms with van der Waals surface area (Å²) in [5, 5.41) is 19.4. The third-order valence-electron chi connectivity index (χ3n) is 3.00. The van der Waals surface area contributed by atoms with Gasteiger partial charge in [-0.05, 0) is 18.8 Å². The van der Waals surface area contributed by atoms with Crippen molar-refractivity contribution in [2.75, 3.05) is 0 Å². The maximum absolute atomic E-state index is 13.6. The van der Waals surface area contributed by atoms with Crippen molar-refractivity contribution in [3.05, 3.63) is 33.9 Å². The molecule has 21 heavy (non-hydrogen) atoms. The molecule has 0 aromatic heterocycles. The number of hydrogen-bond donors (Lipinski definition) is 1. The lowest BCUT2D eigenvalue weighted by Crippen LogP contribution is -2.35. The Bertz CT molecular complexity index is 741. The average Bonchev–Trinajstić information content (AvgIpc) is 3.19. The van der Waals surface area contributed by atoms with E-state index in [2.05, 4.69) is 0 Å². The van der Waals surface area contributed by atoms with Crippen molar-refractivity contribution in [3.8, 4) is 6.07 Å². The number of nitrogens with one attached hydrogen (secondary N) is 1. The number of halogens is 2. The fraction of sp³-hybridized carbons (Fsp3) is 0.364. The molecule has 0 aliphatic heterocycles. The van der Waals surface area contributed by atoms with Gasteiger partial charge >= 0.3 is 5.69 Å². The van der Waals surface area contributed by atoms with Crippen molar-refractivity contribution in [2.24, 2.45) is 5.92 Å². The lowest BCUT2D eigenvalue weighted by Gasteiger charge is -2.11. The summed E-state index contributed by atoms with van der Waals surface area (Å²) in [5.74, 6) is -3.10. The smallest absolute Gasteiger partial charge is 0.258 e. The van der Waals surface area contributed by atoms with Crippen LogP contribution in [0.2, 0.25) is 0 Å². The summed E-state index contributed by atoms with van der Waals surface area (Å²) < 4.78 is 52.7. The van der Waals surface area contributed by atoms with Crippen LogP contribution in [0.3, 0.4) is 0 Å². The van der Waals surface area contributed by atoms with Crippen molar-refractivity contribution in [1.82, 2.24) is 4.72 Å². The van der Waals surface area contributed by atoms with E-state index in [1.807, 2.05) is 4.72 Å². The van der Waals surface area contributed by atoms with Crippen LogP contribution in [0.15, 0.2) is 17.0 Å². The minimum atomic E-state index is -4.50. The molecule has 1 unspecified atom stereocenters. The van der Waals surface area contributed by atoms with E-state index in [0.717, 1.165) is 0 Å². The highest BCUT2D eigenvalue weighted by molar-refractivity contribution is 7.89. The predicted molar refractivity (Wildman–Crippen MR) is 65.5 cm³/mol. The van der Waals surface area contributed by atoms with Crippen LogP contribution in [0.1, 0.15) is 12.8 Å². The number of benzene rings is 1. The van der Waals surface area contributed by atoms with Gasteiger partial charge in [-0.15, -0.1) is 0 Å². The molecule has 0 spiro atoms. The molecule has 112 valence electrons. The lowest BCUT2D eigenvalue weighted by atomic mass is 10.2. The van der Waals surface area contributed by atoms with Gasteiger partial charge in [0.05, 0.1) is 11.0 Å². The fourth-order valence-corrected chi connectivity index (χ4v) is 3.04. The van der Waals surface area contributed by atoms with E-state index in [4.69, 9.17) is 5.26 Å². The highest BCUT2D eigenvalue weighted by atomic mass is 32.2. The molecule has 1 aliphatic carbocycles. The standard InChI is InChI=1S/C11H9F2N3O4S/c12-7-3-8(13)11(4-10(7)16(17)18)21(19,20)15-9(5-14)6-1-2-6/h3-4,6,9,15H,1-2H2. The van der Waals surface area contributed by atoms with E-state index in [9.17, 15) is 27.3 Å². The number of nitriles is 1. The third-order valence-corrected chi connectivity index (χ3v) is 4.46.